The molecule has 0 aliphatic heterocycles. The number of aryl methyl sites for hydroxylation is 2. The maximum Gasteiger partial charge on any atom is 0.269 e. The van der Waals surface area contributed by atoms with E-state index in [2.05, 4.69) is 15.4 Å². The van der Waals surface area contributed by atoms with Crippen molar-refractivity contribution in [3.05, 3.63) is 87.8 Å². The van der Waals surface area contributed by atoms with Crippen LogP contribution in [-0.2, 0) is 10.0 Å². The number of hydrogen-bond donors (Lipinski definition) is 3. The van der Waals surface area contributed by atoms with E-state index in [1.165, 1.54) is 23.5 Å². The van der Waals surface area contributed by atoms with Gasteiger partial charge in [-0.25, -0.2) is 8.42 Å². The Labute approximate surface area is 212 Å². The molecule has 3 aromatic carbocycles. The maximum absolute atomic E-state index is 12.8. The van der Waals surface area contributed by atoms with Crippen LogP contribution < -0.4 is 15.4 Å². The molecule has 1 amide bonds. The fraction of sp³-hybridized carbons (Fsp3) is 0.0833. The van der Waals surface area contributed by atoms with Crippen LogP contribution >= 0.6 is 35.2 Å². The van der Waals surface area contributed by atoms with Gasteiger partial charge in [-0.05, 0) is 68.0 Å². The first-order valence-electron chi connectivity index (χ1n) is 10.1. The van der Waals surface area contributed by atoms with Crippen LogP contribution in [0.25, 0.3) is 10.1 Å². The third-order valence-corrected chi connectivity index (χ3v) is 8.28. The second-order valence-electron chi connectivity index (χ2n) is 7.60. The highest BCUT2D eigenvalue weighted by Gasteiger charge is 2.18. The molecule has 0 atom stereocenters. The van der Waals surface area contributed by atoms with Gasteiger partial charge in [0.15, 0.2) is 5.11 Å². The van der Waals surface area contributed by atoms with Gasteiger partial charge in [0.1, 0.15) is 4.88 Å². The van der Waals surface area contributed by atoms with Gasteiger partial charge in [0.25, 0.3) is 15.9 Å². The Balaban J connectivity index is 1.42. The molecule has 0 saturated heterocycles. The van der Waals surface area contributed by atoms with Gasteiger partial charge in [-0.2, -0.15) is 0 Å². The molecule has 0 aliphatic rings. The number of nitrogens with one attached hydrogen (secondary N) is 3. The van der Waals surface area contributed by atoms with E-state index in [1.54, 1.807) is 18.2 Å². The fourth-order valence-corrected chi connectivity index (χ4v) is 6.09. The van der Waals surface area contributed by atoms with Gasteiger partial charge >= 0.3 is 0 Å². The zero-order chi connectivity index (χ0) is 24.5. The minimum absolute atomic E-state index is 0.0718. The van der Waals surface area contributed by atoms with Crippen molar-refractivity contribution >= 4 is 77.7 Å². The number of thiophene rings is 1. The molecule has 0 bridgehead atoms. The minimum atomic E-state index is -3.76. The van der Waals surface area contributed by atoms with Crippen LogP contribution in [0.15, 0.2) is 71.6 Å². The predicted octanol–water partition coefficient (Wildman–Crippen LogP) is 6.10. The lowest BCUT2D eigenvalue weighted by atomic mass is 10.1. The number of halogens is 1. The molecule has 3 N–H and O–H groups in total. The molecule has 1 aromatic heterocycles. The van der Waals surface area contributed by atoms with E-state index < -0.39 is 15.9 Å². The Bertz CT molecular complexity index is 1510. The summed E-state index contributed by atoms with van der Waals surface area (Å²) >= 11 is 12.9. The summed E-state index contributed by atoms with van der Waals surface area (Å²) in [6, 6.07) is 19.0. The first-order chi connectivity index (χ1) is 16.1. The molecule has 0 fully saturated rings. The van der Waals surface area contributed by atoms with Gasteiger partial charge in [-0.15, -0.1) is 11.3 Å². The van der Waals surface area contributed by atoms with E-state index in [0.717, 1.165) is 21.2 Å². The third kappa shape index (κ3) is 5.23. The summed E-state index contributed by atoms with van der Waals surface area (Å²) in [7, 11) is -3.76. The van der Waals surface area contributed by atoms with Gasteiger partial charge in [-0.1, -0.05) is 47.5 Å². The summed E-state index contributed by atoms with van der Waals surface area (Å²) in [5.74, 6) is -0.416. The molecule has 10 heteroatoms. The molecular weight excluding hydrogens is 510 g/mol. The zero-order valence-electron chi connectivity index (χ0n) is 18.2. The van der Waals surface area contributed by atoms with Crippen LogP contribution in [0.5, 0.6) is 0 Å². The second kappa shape index (κ2) is 9.71. The fourth-order valence-electron chi connectivity index (χ4n) is 3.33. The Hall–Kier alpha value is -2.98. The van der Waals surface area contributed by atoms with Gasteiger partial charge in [0, 0.05) is 15.8 Å². The van der Waals surface area contributed by atoms with Crippen molar-refractivity contribution in [2.45, 2.75) is 18.7 Å². The van der Waals surface area contributed by atoms with E-state index >= 15 is 0 Å². The number of rotatable bonds is 5. The number of fused-ring (bicyclic) bond motifs is 1. The molecule has 0 unspecified atom stereocenters. The maximum atomic E-state index is 12.8. The molecule has 4 aromatic rings. The van der Waals surface area contributed by atoms with Crippen LogP contribution in [0.3, 0.4) is 0 Å². The first kappa shape index (κ1) is 24.2. The zero-order valence-corrected chi connectivity index (χ0v) is 21.4. The summed E-state index contributed by atoms with van der Waals surface area (Å²) in [5, 5.41) is 6.76. The number of anilines is 2. The van der Waals surface area contributed by atoms with Crippen molar-refractivity contribution in [1.29, 1.82) is 0 Å². The van der Waals surface area contributed by atoms with Crippen LogP contribution in [0.1, 0.15) is 20.8 Å². The number of sulfonamides is 1. The molecule has 0 radical (unpaired) electrons. The summed E-state index contributed by atoms with van der Waals surface area (Å²) in [6.45, 7) is 3.79. The van der Waals surface area contributed by atoms with Crippen molar-refractivity contribution in [1.82, 2.24) is 5.32 Å². The number of benzene rings is 3. The molecule has 0 saturated carbocycles. The van der Waals surface area contributed by atoms with Crippen molar-refractivity contribution in [3.63, 3.8) is 0 Å². The van der Waals surface area contributed by atoms with E-state index in [9.17, 15) is 13.2 Å². The van der Waals surface area contributed by atoms with Crippen LogP contribution in [0.4, 0.5) is 11.4 Å². The normalized spacial score (nSPS) is 11.3. The van der Waals surface area contributed by atoms with Crippen LogP contribution in [0.2, 0.25) is 5.02 Å². The highest BCUT2D eigenvalue weighted by atomic mass is 35.5. The summed E-state index contributed by atoms with van der Waals surface area (Å²) in [4.78, 5) is 13.1. The SMILES string of the molecule is Cc1ccc(NS(=O)(=O)c2ccc(NC(=S)NC(=O)c3sc4ccccc4c3Cl)cc2)c(C)c1. The quantitative estimate of drug-likeness (QED) is 0.272. The number of carbonyl (C=O) groups excluding carboxylic acids is 1. The Morgan fingerprint density at radius 2 is 1.71 bits per heavy atom. The summed E-state index contributed by atoms with van der Waals surface area (Å²) < 4.78 is 29.0. The van der Waals surface area contributed by atoms with Gasteiger partial charge in [0.2, 0.25) is 0 Å². The highest BCUT2D eigenvalue weighted by Crippen LogP contribution is 2.35. The molecule has 34 heavy (non-hydrogen) atoms. The average molecular weight is 530 g/mol. The standard InChI is InChI=1S/C24H20ClN3O3S3/c1-14-7-12-19(15(2)13-14)28-34(30,31)17-10-8-16(9-11-17)26-24(32)27-23(29)22-21(25)18-5-3-4-6-20(18)33-22/h3-13,28H,1-2H3,(H2,26,27,29,32). The van der Waals surface area contributed by atoms with Gasteiger partial charge < -0.3 is 5.32 Å². The molecule has 1 heterocycles. The smallest absolute Gasteiger partial charge is 0.269 e. The highest BCUT2D eigenvalue weighted by molar-refractivity contribution is 7.92. The van der Waals surface area contributed by atoms with E-state index in [0.29, 0.717) is 21.3 Å². The molecule has 4 rings (SSSR count). The van der Waals surface area contributed by atoms with Crippen molar-refractivity contribution in [2.24, 2.45) is 0 Å². The van der Waals surface area contributed by atoms with E-state index in [-0.39, 0.29) is 10.0 Å². The number of carbonyl (C=O) groups is 1. The lowest BCUT2D eigenvalue weighted by molar-refractivity contribution is 0.0982. The van der Waals surface area contributed by atoms with Crippen LogP contribution in [-0.4, -0.2) is 19.4 Å². The molecular formula is C24H20ClN3O3S3. The van der Waals surface area contributed by atoms with Crippen LogP contribution in [0, 0.1) is 13.8 Å². The molecule has 0 spiro atoms. The first-order valence-corrected chi connectivity index (χ1v) is 13.2. The van der Waals surface area contributed by atoms with Gasteiger partial charge in [0.05, 0.1) is 15.6 Å². The average Bonchev–Trinajstić information content (AvgIpc) is 3.13. The van der Waals surface area contributed by atoms with Crippen molar-refractivity contribution in [3.8, 4) is 0 Å². The topological polar surface area (TPSA) is 87.3 Å². The summed E-state index contributed by atoms with van der Waals surface area (Å²) in [6.07, 6.45) is 0. The number of amides is 1. The third-order valence-electron chi connectivity index (χ3n) is 5.02. The van der Waals surface area contributed by atoms with E-state index in [1.807, 2.05) is 50.2 Å². The van der Waals surface area contributed by atoms with E-state index in [4.69, 9.17) is 23.8 Å². The predicted molar refractivity (Wildman–Crippen MR) is 144 cm³/mol. The number of hydrogen-bond acceptors (Lipinski definition) is 5. The summed E-state index contributed by atoms with van der Waals surface area (Å²) in [5.41, 5.74) is 2.94. The second-order valence-corrected chi connectivity index (χ2v) is 11.1. The largest absolute Gasteiger partial charge is 0.332 e. The minimum Gasteiger partial charge on any atom is -0.332 e. The Kier molecular flexibility index (Phi) is 6.90. The Morgan fingerprint density at radius 1 is 1.00 bits per heavy atom. The molecule has 174 valence electrons. The Morgan fingerprint density at radius 3 is 2.38 bits per heavy atom. The van der Waals surface area contributed by atoms with Gasteiger partial charge in [-0.3, -0.25) is 14.8 Å². The van der Waals surface area contributed by atoms with Crippen molar-refractivity contribution in [2.75, 3.05) is 10.0 Å². The molecule has 6 nitrogen and oxygen atoms in total. The lowest BCUT2D eigenvalue weighted by Gasteiger charge is -2.12. The monoisotopic (exact) mass is 529 g/mol. The van der Waals surface area contributed by atoms with Crippen molar-refractivity contribution < 1.29 is 13.2 Å². The molecule has 0 aliphatic carbocycles. The number of thiocarbonyl (C=S) groups is 1. The lowest BCUT2D eigenvalue weighted by Crippen LogP contribution is -2.33.